The van der Waals surface area contributed by atoms with Crippen molar-refractivity contribution in [2.75, 3.05) is 5.32 Å². The van der Waals surface area contributed by atoms with Crippen LogP contribution in [-0.2, 0) is 11.2 Å². The molecule has 0 bridgehead atoms. The van der Waals surface area contributed by atoms with E-state index in [-0.39, 0.29) is 12.3 Å². The maximum absolute atomic E-state index is 12.0. The summed E-state index contributed by atoms with van der Waals surface area (Å²) < 4.78 is 0. The zero-order valence-corrected chi connectivity index (χ0v) is 13.2. The molecule has 0 saturated carbocycles. The summed E-state index contributed by atoms with van der Waals surface area (Å²) in [7, 11) is 0. The van der Waals surface area contributed by atoms with E-state index in [0.717, 1.165) is 11.1 Å². The summed E-state index contributed by atoms with van der Waals surface area (Å²) in [6.07, 6.45) is 0.216. The molecule has 3 N–H and O–H groups in total. The Labute approximate surface area is 138 Å². The molecule has 6 heteroatoms. The van der Waals surface area contributed by atoms with Crippen LogP contribution in [0.5, 0.6) is 0 Å². The van der Waals surface area contributed by atoms with Crippen molar-refractivity contribution < 1.29 is 4.79 Å². The van der Waals surface area contributed by atoms with Crippen LogP contribution in [0, 0.1) is 0 Å². The van der Waals surface area contributed by atoms with Crippen LogP contribution in [0.15, 0.2) is 42.5 Å². The van der Waals surface area contributed by atoms with E-state index < -0.39 is 0 Å². The van der Waals surface area contributed by atoms with Gasteiger partial charge in [-0.3, -0.25) is 4.79 Å². The summed E-state index contributed by atoms with van der Waals surface area (Å²) in [6, 6.07) is 12.1. The second-order valence-corrected chi connectivity index (χ2v) is 5.67. The van der Waals surface area contributed by atoms with Crippen molar-refractivity contribution in [2.24, 2.45) is 5.73 Å². The van der Waals surface area contributed by atoms with E-state index in [1.54, 1.807) is 42.5 Å². The maximum Gasteiger partial charge on any atom is 0.228 e. The van der Waals surface area contributed by atoms with E-state index in [4.69, 9.17) is 41.2 Å². The molecule has 0 aromatic heterocycles. The predicted molar refractivity (Wildman–Crippen MR) is 91.1 cm³/mol. The van der Waals surface area contributed by atoms with Gasteiger partial charge in [-0.15, -0.1) is 0 Å². The van der Waals surface area contributed by atoms with Gasteiger partial charge < -0.3 is 11.1 Å². The molecule has 0 aliphatic carbocycles. The average molecular weight is 339 g/mol. The number of halogens is 2. The van der Waals surface area contributed by atoms with Crippen molar-refractivity contribution in [3.05, 3.63) is 63.6 Å². The normalized spacial score (nSPS) is 10.2. The molecule has 0 fully saturated rings. The van der Waals surface area contributed by atoms with E-state index >= 15 is 0 Å². The van der Waals surface area contributed by atoms with Gasteiger partial charge in [0.1, 0.15) is 4.99 Å². The molecule has 2 rings (SSSR count). The monoisotopic (exact) mass is 338 g/mol. The number of nitrogens with one attached hydrogen (secondary N) is 1. The van der Waals surface area contributed by atoms with Gasteiger partial charge in [-0.2, -0.15) is 0 Å². The predicted octanol–water partition coefficient (Wildman–Crippen LogP) is 3.81. The van der Waals surface area contributed by atoms with Gasteiger partial charge in [-0.25, -0.2) is 0 Å². The summed E-state index contributed by atoms with van der Waals surface area (Å²) in [5.74, 6) is -0.142. The van der Waals surface area contributed by atoms with Gasteiger partial charge >= 0.3 is 0 Å². The zero-order chi connectivity index (χ0) is 15.4. The Morgan fingerprint density at radius 3 is 2.33 bits per heavy atom. The minimum atomic E-state index is -0.142. The summed E-state index contributed by atoms with van der Waals surface area (Å²) in [5, 5.41) is 3.69. The summed E-state index contributed by atoms with van der Waals surface area (Å²) >= 11 is 16.6. The van der Waals surface area contributed by atoms with E-state index in [1.807, 2.05) is 0 Å². The number of hydrogen-bond acceptors (Lipinski definition) is 2. The van der Waals surface area contributed by atoms with Crippen molar-refractivity contribution >= 4 is 52.0 Å². The molecule has 2 aromatic carbocycles. The second kappa shape index (κ2) is 6.89. The summed E-state index contributed by atoms with van der Waals surface area (Å²) in [6.45, 7) is 0. The number of carbonyl (C=O) groups excluding carboxylic acids is 1. The SMILES string of the molecule is NC(=S)c1ccc(NC(=O)Cc2ccc(Cl)c(Cl)c2)cc1. The Bertz CT molecular complexity index is 687. The molecule has 108 valence electrons. The van der Waals surface area contributed by atoms with Crippen molar-refractivity contribution in [1.29, 1.82) is 0 Å². The molecule has 0 atom stereocenters. The van der Waals surface area contributed by atoms with Crippen LogP contribution in [0.2, 0.25) is 10.0 Å². The lowest BCUT2D eigenvalue weighted by molar-refractivity contribution is -0.115. The van der Waals surface area contributed by atoms with Crippen LogP contribution in [-0.4, -0.2) is 10.9 Å². The highest BCUT2D eigenvalue weighted by atomic mass is 35.5. The zero-order valence-electron chi connectivity index (χ0n) is 10.9. The van der Waals surface area contributed by atoms with Crippen LogP contribution < -0.4 is 11.1 Å². The molecule has 3 nitrogen and oxygen atoms in total. The minimum Gasteiger partial charge on any atom is -0.389 e. The van der Waals surface area contributed by atoms with Gasteiger partial charge in [-0.05, 0) is 42.0 Å². The second-order valence-electron chi connectivity index (χ2n) is 4.42. The fourth-order valence-corrected chi connectivity index (χ4v) is 2.21. The lowest BCUT2D eigenvalue weighted by Gasteiger charge is -2.07. The van der Waals surface area contributed by atoms with E-state index in [2.05, 4.69) is 5.32 Å². The third-order valence-electron chi connectivity index (χ3n) is 2.80. The number of thiocarbonyl (C=S) groups is 1. The van der Waals surface area contributed by atoms with Gasteiger partial charge in [0.25, 0.3) is 0 Å². The maximum atomic E-state index is 12.0. The molecule has 0 saturated heterocycles. The highest BCUT2D eigenvalue weighted by molar-refractivity contribution is 7.80. The fraction of sp³-hybridized carbons (Fsp3) is 0.0667. The molecule has 2 aromatic rings. The first kappa shape index (κ1) is 15.8. The lowest BCUT2D eigenvalue weighted by atomic mass is 10.1. The van der Waals surface area contributed by atoms with Gasteiger partial charge in [0.15, 0.2) is 0 Å². The first-order chi connectivity index (χ1) is 9.95. The number of hydrogen-bond donors (Lipinski definition) is 2. The highest BCUT2D eigenvalue weighted by Crippen LogP contribution is 2.23. The van der Waals surface area contributed by atoms with Gasteiger partial charge in [-0.1, -0.05) is 41.5 Å². The number of carbonyl (C=O) groups is 1. The minimum absolute atomic E-state index is 0.142. The van der Waals surface area contributed by atoms with E-state index in [9.17, 15) is 4.79 Å². The molecule has 0 heterocycles. The van der Waals surface area contributed by atoms with Crippen molar-refractivity contribution in [3.8, 4) is 0 Å². The van der Waals surface area contributed by atoms with Gasteiger partial charge in [0.2, 0.25) is 5.91 Å². The molecule has 0 unspecified atom stereocenters. The van der Waals surface area contributed by atoms with Crippen LogP contribution in [0.4, 0.5) is 5.69 Å². The standard InChI is InChI=1S/C15H12Cl2N2OS/c16-12-6-1-9(7-13(12)17)8-14(20)19-11-4-2-10(3-5-11)15(18)21/h1-7H,8H2,(H2,18,21)(H,19,20). The number of nitrogens with two attached hydrogens (primary N) is 1. The van der Waals surface area contributed by atoms with Crippen LogP contribution in [0.25, 0.3) is 0 Å². The molecule has 0 aliphatic heterocycles. The Kier molecular flexibility index (Phi) is 5.17. The molecule has 0 aliphatic rings. The Morgan fingerprint density at radius 1 is 1.10 bits per heavy atom. The summed E-state index contributed by atoms with van der Waals surface area (Å²) in [5.41, 5.74) is 7.75. The Balaban J connectivity index is 2.01. The molecular formula is C15H12Cl2N2OS. The number of benzene rings is 2. The molecular weight excluding hydrogens is 327 g/mol. The lowest BCUT2D eigenvalue weighted by Crippen LogP contribution is -2.15. The first-order valence-corrected chi connectivity index (χ1v) is 7.26. The Hall–Kier alpha value is -1.62. The number of rotatable bonds is 4. The number of amides is 1. The van der Waals surface area contributed by atoms with Crippen molar-refractivity contribution in [2.45, 2.75) is 6.42 Å². The van der Waals surface area contributed by atoms with Crippen LogP contribution >= 0.6 is 35.4 Å². The quantitative estimate of drug-likeness (QED) is 0.833. The molecule has 0 spiro atoms. The smallest absolute Gasteiger partial charge is 0.228 e. The van der Waals surface area contributed by atoms with Crippen LogP contribution in [0.1, 0.15) is 11.1 Å². The molecule has 1 amide bonds. The van der Waals surface area contributed by atoms with Crippen LogP contribution in [0.3, 0.4) is 0 Å². The summed E-state index contributed by atoms with van der Waals surface area (Å²) in [4.78, 5) is 12.3. The highest BCUT2D eigenvalue weighted by Gasteiger charge is 2.06. The van der Waals surface area contributed by atoms with Crippen molar-refractivity contribution in [1.82, 2.24) is 0 Å². The van der Waals surface area contributed by atoms with Crippen molar-refractivity contribution in [3.63, 3.8) is 0 Å². The molecule has 21 heavy (non-hydrogen) atoms. The largest absolute Gasteiger partial charge is 0.389 e. The van der Waals surface area contributed by atoms with Gasteiger partial charge in [0, 0.05) is 11.3 Å². The Morgan fingerprint density at radius 2 is 1.76 bits per heavy atom. The molecule has 0 radical (unpaired) electrons. The van der Waals surface area contributed by atoms with E-state index in [1.165, 1.54) is 0 Å². The van der Waals surface area contributed by atoms with E-state index in [0.29, 0.717) is 20.7 Å². The topological polar surface area (TPSA) is 55.1 Å². The third kappa shape index (κ3) is 4.43. The number of anilines is 1. The van der Waals surface area contributed by atoms with Gasteiger partial charge in [0.05, 0.1) is 16.5 Å². The first-order valence-electron chi connectivity index (χ1n) is 6.09. The fourth-order valence-electron chi connectivity index (χ4n) is 1.76. The third-order valence-corrected chi connectivity index (χ3v) is 3.78. The average Bonchev–Trinajstić information content (AvgIpc) is 2.43.